The lowest BCUT2D eigenvalue weighted by Gasteiger charge is -2.27. The van der Waals surface area contributed by atoms with Crippen LogP contribution >= 0.6 is 0 Å². The fourth-order valence-corrected chi connectivity index (χ4v) is 4.28. The first-order valence-corrected chi connectivity index (χ1v) is 10.3. The molecule has 1 N–H and O–H groups in total. The molecule has 0 saturated carbocycles. The van der Waals surface area contributed by atoms with Gasteiger partial charge in [-0.3, -0.25) is 9.59 Å². The van der Waals surface area contributed by atoms with Crippen LogP contribution in [0.4, 0.5) is 0 Å². The summed E-state index contributed by atoms with van der Waals surface area (Å²) in [6, 6.07) is 22.6. The van der Waals surface area contributed by atoms with Crippen LogP contribution in [0, 0.1) is 0 Å². The highest BCUT2D eigenvalue weighted by molar-refractivity contribution is 5.99. The Morgan fingerprint density at radius 2 is 1.75 bits per heavy atom. The summed E-state index contributed by atoms with van der Waals surface area (Å²) >= 11 is 0. The number of hydrogen-bond donors (Lipinski definition) is 1. The molecule has 0 bridgehead atoms. The molecule has 4 aromatic rings. The van der Waals surface area contributed by atoms with Gasteiger partial charge in [0.1, 0.15) is 11.3 Å². The van der Waals surface area contributed by atoms with E-state index in [1.165, 1.54) is 4.90 Å². The fourth-order valence-electron chi connectivity index (χ4n) is 4.28. The number of β-amino-alcohol motifs (C(OH)–C–C–N with tert-alkyl or cyclic N) is 1. The van der Waals surface area contributed by atoms with Crippen LogP contribution in [-0.4, -0.2) is 29.6 Å². The second-order valence-corrected chi connectivity index (χ2v) is 7.73. The Morgan fingerprint density at radius 1 is 1.00 bits per heavy atom. The molecule has 6 nitrogen and oxygen atoms in total. The minimum atomic E-state index is -0.924. The van der Waals surface area contributed by atoms with Crippen LogP contribution in [0.15, 0.2) is 88.1 Å². The summed E-state index contributed by atoms with van der Waals surface area (Å²) in [7, 11) is 1.56. The van der Waals surface area contributed by atoms with Crippen molar-refractivity contribution in [2.24, 2.45) is 0 Å². The normalized spacial score (nSPS) is 16.2. The minimum Gasteiger partial charge on any atom is -0.497 e. The monoisotopic (exact) mass is 427 g/mol. The first-order chi connectivity index (χ1) is 15.6. The maximum Gasteiger partial charge on any atom is 0.291 e. The van der Waals surface area contributed by atoms with Gasteiger partial charge in [0.25, 0.3) is 5.91 Å². The van der Waals surface area contributed by atoms with Crippen molar-refractivity contribution in [3.63, 3.8) is 0 Å². The molecule has 0 unspecified atom stereocenters. The van der Waals surface area contributed by atoms with Crippen LogP contribution in [0.3, 0.4) is 0 Å². The molecule has 1 aliphatic heterocycles. The van der Waals surface area contributed by atoms with Crippen molar-refractivity contribution in [1.82, 2.24) is 4.90 Å². The highest BCUT2D eigenvalue weighted by Gasteiger charge is 2.43. The van der Waals surface area contributed by atoms with Crippen LogP contribution in [0.2, 0.25) is 0 Å². The summed E-state index contributed by atoms with van der Waals surface area (Å²) in [6.07, 6.45) is -0.924. The van der Waals surface area contributed by atoms with Gasteiger partial charge in [-0.15, -0.1) is 0 Å². The van der Waals surface area contributed by atoms with E-state index in [1.807, 2.05) is 30.3 Å². The van der Waals surface area contributed by atoms with Gasteiger partial charge < -0.3 is 19.2 Å². The van der Waals surface area contributed by atoms with Gasteiger partial charge in [-0.25, -0.2) is 0 Å². The van der Waals surface area contributed by atoms with Crippen LogP contribution in [0.25, 0.3) is 11.0 Å². The summed E-state index contributed by atoms with van der Waals surface area (Å²) in [4.78, 5) is 28.4. The maximum absolute atomic E-state index is 13.5. The number of carbonyl (C=O) groups is 1. The third kappa shape index (κ3) is 3.25. The van der Waals surface area contributed by atoms with E-state index in [1.54, 1.807) is 55.6 Å². The first-order valence-electron chi connectivity index (χ1n) is 10.3. The number of ether oxygens (including phenoxy) is 1. The van der Waals surface area contributed by atoms with Gasteiger partial charge >= 0.3 is 0 Å². The molecule has 2 heterocycles. The Kier molecular flexibility index (Phi) is 4.99. The van der Waals surface area contributed by atoms with Crippen LogP contribution in [0.5, 0.6) is 5.75 Å². The van der Waals surface area contributed by atoms with Crippen molar-refractivity contribution < 1.29 is 19.1 Å². The Hall–Kier alpha value is -3.90. The van der Waals surface area contributed by atoms with Crippen LogP contribution in [-0.2, 0) is 0 Å². The number of aliphatic hydroxyl groups excluding tert-OH is 1. The Balaban J connectivity index is 1.68. The average molecular weight is 427 g/mol. The van der Waals surface area contributed by atoms with Crippen molar-refractivity contribution in [3.05, 3.63) is 112 Å². The topological polar surface area (TPSA) is 80.0 Å². The van der Waals surface area contributed by atoms with Gasteiger partial charge in [-0.1, -0.05) is 54.6 Å². The highest BCUT2D eigenvalue weighted by atomic mass is 16.5. The van der Waals surface area contributed by atoms with E-state index >= 15 is 0 Å². The molecule has 5 rings (SSSR count). The number of benzene rings is 3. The minimum absolute atomic E-state index is 0.00467. The molecule has 0 aliphatic carbocycles. The molecule has 1 aliphatic rings. The molecule has 0 spiro atoms. The number of para-hydroxylation sites is 1. The Morgan fingerprint density at radius 3 is 2.53 bits per heavy atom. The van der Waals surface area contributed by atoms with E-state index in [9.17, 15) is 14.7 Å². The number of rotatable bonds is 5. The van der Waals surface area contributed by atoms with Gasteiger partial charge in [0.15, 0.2) is 5.43 Å². The number of amides is 1. The van der Waals surface area contributed by atoms with Gasteiger partial charge in [0.2, 0.25) is 5.76 Å². The van der Waals surface area contributed by atoms with Crippen molar-refractivity contribution >= 4 is 16.9 Å². The van der Waals surface area contributed by atoms with Gasteiger partial charge in [0, 0.05) is 0 Å². The molecule has 0 radical (unpaired) electrons. The lowest BCUT2D eigenvalue weighted by molar-refractivity contribution is 0.0583. The summed E-state index contributed by atoms with van der Waals surface area (Å²) < 4.78 is 11.3. The lowest BCUT2D eigenvalue weighted by atomic mass is 9.98. The average Bonchev–Trinajstić information content (AvgIpc) is 3.11. The zero-order valence-electron chi connectivity index (χ0n) is 17.4. The predicted octanol–water partition coefficient (Wildman–Crippen LogP) is 4.08. The number of fused-ring (bicyclic) bond motifs is 2. The molecule has 1 aromatic heterocycles. The Bertz CT molecular complexity index is 1360. The SMILES string of the molecule is COc1cccc([C@H]2c3c(oc4ccccc4c3=O)C(=O)N2C[C@H](O)c2ccccc2)c1. The Labute approximate surface area is 184 Å². The molecular weight excluding hydrogens is 406 g/mol. The van der Waals surface area contributed by atoms with Gasteiger partial charge in [-0.05, 0) is 35.4 Å². The lowest BCUT2D eigenvalue weighted by Crippen LogP contribution is -2.33. The van der Waals surface area contributed by atoms with Gasteiger partial charge in [-0.2, -0.15) is 0 Å². The van der Waals surface area contributed by atoms with Crippen molar-refractivity contribution in [2.45, 2.75) is 12.1 Å². The molecule has 2 atom stereocenters. The second kappa shape index (κ2) is 7.98. The molecular formula is C26H21NO5. The third-order valence-electron chi connectivity index (χ3n) is 5.84. The van der Waals surface area contributed by atoms with Gasteiger partial charge in [0.05, 0.1) is 36.8 Å². The summed E-state index contributed by atoms with van der Waals surface area (Å²) in [5.41, 5.74) is 1.78. The highest BCUT2D eigenvalue weighted by Crippen LogP contribution is 2.40. The van der Waals surface area contributed by atoms with E-state index < -0.39 is 18.1 Å². The molecule has 1 amide bonds. The number of hydrogen-bond acceptors (Lipinski definition) is 5. The van der Waals surface area contributed by atoms with Crippen molar-refractivity contribution in [3.8, 4) is 5.75 Å². The second-order valence-electron chi connectivity index (χ2n) is 7.73. The first kappa shape index (κ1) is 20.0. The molecule has 32 heavy (non-hydrogen) atoms. The fraction of sp³-hybridized carbons (Fsp3) is 0.154. The number of carbonyl (C=O) groups excluding carboxylic acids is 1. The van der Waals surface area contributed by atoms with E-state index in [4.69, 9.17) is 9.15 Å². The van der Waals surface area contributed by atoms with E-state index in [0.29, 0.717) is 27.8 Å². The summed E-state index contributed by atoms with van der Waals surface area (Å²) in [6.45, 7) is 0.00467. The van der Waals surface area contributed by atoms with E-state index in [-0.39, 0.29) is 23.3 Å². The predicted molar refractivity (Wildman–Crippen MR) is 120 cm³/mol. The molecule has 0 saturated heterocycles. The smallest absolute Gasteiger partial charge is 0.291 e. The molecule has 0 fully saturated rings. The van der Waals surface area contributed by atoms with E-state index in [2.05, 4.69) is 0 Å². The molecule has 160 valence electrons. The zero-order chi connectivity index (χ0) is 22.2. The van der Waals surface area contributed by atoms with E-state index in [0.717, 1.165) is 0 Å². The standard InChI is InChI=1S/C26H21NO5/c1-31-18-11-7-10-17(14-18)23-22-24(29)19-12-5-6-13-21(19)32-25(22)26(30)27(23)15-20(28)16-8-3-2-4-9-16/h2-14,20,23,28H,15H2,1H3/t20-,23-/m0/s1. The molecule has 3 aromatic carbocycles. The third-order valence-corrected chi connectivity index (χ3v) is 5.84. The van der Waals surface area contributed by atoms with Crippen molar-refractivity contribution in [2.75, 3.05) is 13.7 Å². The summed E-state index contributed by atoms with van der Waals surface area (Å²) in [5.74, 6) is 0.199. The van der Waals surface area contributed by atoms with Crippen molar-refractivity contribution in [1.29, 1.82) is 0 Å². The molecule has 6 heteroatoms. The van der Waals surface area contributed by atoms with Crippen LogP contribution < -0.4 is 10.2 Å². The number of methoxy groups -OCH3 is 1. The number of nitrogens with zero attached hydrogens (tertiary/aromatic N) is 1. The largest absolute Gasteiger partial charge is 0.497 e. The number of aliphatic hydroxyl groups is 1. The van der Waals surface area contributed by atoms with Crippen LogP contribution in [0.1, 0.15) is 39.4 Å². The maximum atomic E-state index is 13.5. The zero-order valence-corrected chi connectivity index (χ0v) is 17.4. The quantitative estimate of drug-likeness (QED) is 0.519. The summed E-state index contributed by atoms with van der Waals surface area (Å²) in [5, 5.41) is 11.3.